The van der Waals surface area contributed by atoms with Crippen molar-refractivity contribution in [2.45, 2.75) is 13.0 Å². The average molecular weight is 191 g/mol. The van der Waals surface area contributed by atoms with Crippen molar-refractivity contribution in [2.24, 2.45) is 11.5 Å². The van der Waals surface area contributed by atoms with Gasteiger partial charge in [-0.1, -0.05) is 0 Å². The Hall–Kier alpha value is -0.750. The van der Waals surface area contributed by atoms with Crippen molar-refractivity contribution in [1.29, 1.82) is 0 Å². The van der Waals surface area contributed by atoms with Gasteiger partial charge < -0.3 is 16.8 Å². The zero-order valence-corrected chi connectivity index (χ0v) is 7.69. The third kappa shape index (κ3) is 5.99. The minimum absolute atomic E-state index is 0.102. The molecule has 1 atom stereocenters. The fraction of sp³-hybridized carbons (Fsp3) is 0.667. The van der Waals surface area contributed by atoms with Crippen molar-refractivity contribution >= 4 is 23.6 Å². The van der Waals surface area contributed by atoms with E-state index in [1.54, 1.807) is 0 Å². The molecule has 0 saturated heterocycles. The van der Waals surface area contributed by atoms with Gasteiger partial charge in [-0.25, -0.2) is 0 Å². The lowest BCUT2D eigenvalue weighted by Gasteiger charge is -2.06. The molecule has 6 heteroatoms. The summed E-state index contributed by atoms with van der Waals surface area (Å²) in [6.07, 6.45) is 0. The van der Waals surface area contributed by atoms with Gasteiger partial charge in [-0.2, -0.15) is 0 Å². The Balaban J connectivity index is 3.31. The summed E-state index contributed by atoms with van der Waals surface area (Å²) in [5.41, 5.74) is 10.2. The van der Waals surface area contributed by atoms with Crippen LogP contribution in [0.25, 0.3) is 0 Å². The van der Waals surface area contributed by atoms with Crippen molar-refractivity contribution in [3.63, 3.8) is 0 Å². The van der Waals surface area contributed by atoms with Gasteiger partial charge in [0.1, 0.15) is 0 Å². The topological polar surface area (TPSA) is 98.2 Å². The molecule has 5 N–H and O–H groups in total. The van der Waals surface area contributed by atoms with Crippen LogP contribution in [0.1, 0.15) is 6.92 Å². The quantitative estimate of drug-likeness (QED) is 0.368. The predicted molar refractivity (Wildman–Crippen MR) is 48.3 cm³/mol. The summed E-state index contributed by atoms with van der Waals surface area (Å²) in [6.45, 7) is 1.43. The number of nitrogens with one attached hydrogen (secondary N) is 1. The van der Waals surface area contributed by atoms with Gasteiger partial charge in [0.15, 0.2) is 0 Å². The minimum Gasteiger partial charge on any atom is -0.368 e. The molecule has 0 saturated carbocycles. The van der Waals surface area contributed by atoms with Crippen molar-refractivity contribution < 1.29 is 9.59 Å². The number of rotatable bonds is 5. The van der Waals surface area contributed by atoms with E-state index >= 15 is 0 Å². The zero-order chi connectivity index (χ0) is 9.56. The van der Waals surface area contributed by atoms with E-state index in [1.807, 2.05) is 0 Å². The van der Waals surface area contributed by atoms with E-state index in [1.165, 1.54) is 18.7 Å². The summed E-state index contributed by atoms with van der Waals surface area (Å²) in [7, 11) is 0. The molecule has 0 aromatic rings. The third-order valence-electron chi connectivity index (χ3n) is 1.09. The molecular weight excluding hydrogens is 178 g/mol. The monoisotopic (exact) mass is 191 g/mol. The average Bonchev–Trinajstić information content (AvgIpc) is 1.97. The first-order valence-electron chi connectivity index (χ1n) is 3.41. The predicted octanol–water partition coefficient (Wildman–Crippen LogP) is -1.37. The molecule has 0 heterocycles. The Morgan fingerprint density at radius 3 is 2.58 bits per heavy atom. The molecule has 0 fully saturated rings. The second kappa shape index (κ2) is 5.84. The maximum Gasteiger partial charge on any atom is 0.235 e. The Morgan fingerprint density at radius 1 is 1.58 bits per heavy atom. The number of thioether (sulfide) groups is 1. The molecule has 2 amide bonds. The number of carbonyl (C=O) groups is 2. The van der Waals surface area contributed by atoms with E-state index in [0.717, 1.165) is 0 Å². The Bertz CT molecular complexity index is 174. The highest BCUT2D eigenvalue weighted by Crippen LogP contribution is 1.98. The molecule has 0 aromatic heterocycles. The summed E-state index contributed by atoms with van der Waals surface area (Å²) in [6, 6.07) is -0.635. The Labute approximate surface area is 75.2 Å². The molecule has 5 nitrogen and oxygen atoms in total. The largest absolute Gasteiger partial charge is 0.368 e. The number of hydrogen-bond acceptors (Lipinski definition) is 4. The van der Waals surface area contributed by atoms with E-state index in [4.69, 9.17) is 11.5 Å². The standard InChI is InChI=1S/C6H13N3O2S/c1-4(10)9-3-12-2-5(7)6(8)11/h5H,2-3,7H2,1H3,(H2,8,11)(H,9,10)/t5-/m1/s1. The van der Waals surface area contributed by atoms with E-state index in [0.29, 0.717) is 11.6 Å². The van der Waals surface area contributed by atoms with Crippen LogP contribution in [-0.4, -0.2) is 29.5 Å². The van der Waals surface area contributed by atoms with Gasteiger partial charge in [0.25, 0.3) is 0 Å². The molecule has 0 aromatic carbocycles. The minimum atomic E-state index is -0.635. The SMILES string of the molecule is CC(=O)NCSC[C@@H](N)C(N)=O. The molecular formula is C6H13N3O2S. The van der Waals surface area contributed by atoms with Gasteiger partial charge >= 0.3 is 0 Å². The lowest BCUT2D eigenvalue weighted by molar-refractivity contribution is -0.119. The van der Waals surface area contributed by atoms with Crippen molar-refractivity contribution in [3.05, 3.63) is 0 Å². The third-order valence-corrected chi connectivity index (χ3v) is 2.03. The molecule has 12 heavy (non-hydrogen) atoms. The number of carbonyl (C=O) groups excluding carboxylic acids is 2. The van der Waals surface area contributed by atoms with Crippen LogP contribution in [0, 0.1) is 0 Å². The number of nitrogens with two attached hydrogens (primary N) is 2. The summed E-state index contributed by atoms with van der Waals surface area (Å²) in [5.74, 6) is 0.256. The van der Waals surface area contributed by atoms with Crippen molar-refractivity contribution in [3.8, 4) is 0 Å². The first-order valence-corrected chi connectivity index (χ1v) is 4.56. The number of primary amides is 1. The first-order chi connectivity index (χ1) is 5.54. The molecule has 0 rings (SSSR count). The summed E-state index contributed by atoms with van der Waals surface area (Å²) in [4.78, 5) is 20.8. The van der Waals surface area contributed by atoms with Gasteiger partial charge in [-0.3, -0.25) is 9.59 Å². The van der Waals surface area contributed by atoms with Crippen LogP contribution in [0.5, 0.6) is 0 Å². The van der Waals surface area contributed by atoms with Crippen LogP contribution in [0.15, 0.2) is 0 Å². The molecule has 0 unspecified atom stereocenters. The first kappa shape index (κ1) is 11.2. The highest BCUT2D eigenvalue weighted by molar-refractivity contribution is 7.99. The molecule has 0 bridgehead atoms. The molecule has 70 valence electrons. The number of hydrogen-bond donors (Lipinski definition) is 3. The van der Waals surface area contributed by atoms with E-state index in [-0.39, 0.29) is 5.91 Å². The van der Waals surface area contributed by atoms with Crippen LogP contribution in [0.3, 0.4) is 0 Å². The summed E-state index contributed by atoms with van der Waals surface area (Å²) in [5, 5.41) is 2.56. The van der Waals surface area contributed by atoms with E-state index in [2.05, 4.69) is 5.32 Å². The fourth-order valence-electron chi connectivity index (χ4n) is 0.421. The summed E-state index contributed by atoms with van der Waals surface area (Å²) < 4.78 is 0. The molecule has 0 spiro atoms. The summed E-state index contributed by atoms with van der Waals surface area (Å²) >= 11 is 1.36. The van der Waals surface area contributed by atoms with Gasteiger partial charge in [-0.05, 0) is 0 Å². The zero-order valence-electron chi connectivity index (χ0n) is 6.87. The number of amides is 2. The van der Waals surface area contributed by atoms with Crippen LogP contribution in [0.4, 0.5) is 0 Å². The van der Waals surface area contributed by atoms with Crippen LogP contribution in [0.2, 0.25) is 0 Å². The smallest absolute Gasteiger partial charge is 0.235 e. The maximum atomic E-state index is 10.4. The lowest BCUT2D eigenvalue weighted by Crippen LogP contribution is -2.38. The van der Waals surface area contributed by atoms with Gasteiger partial charge in [0.2, 0.25) is 11.8 Å². The fourth-order valence-corrected chi connectivity index (χ4v) is 1.26. The van der Waals surface area contributed by atoms with Crippen molar-refractivity contribution in [1.82, 2.24) is 5.32 Å². The second-order valence-corrected chi connectivity index (χ2v) is 3.29. The van der Waals surface area contributed by atoms with Crippen molar-refractivity contribution in [2.75, 3.05) is 11.6 Å². The van der Waals surface area contributed by atoms with E-state index in [9.17, 15) is 9.59 Å². The van der Waals surface area contributed by atoms with Crippen LogP contribution in [-0.2, 0) is 9.59 Å². The van der Waals surface area contributed by atoms with Crippen LogP contribution < -0.4 is 16.8 Å². The second-order valence-electron chi connectivity index (χ2n) is 2.26. The molecule has 0 aliphatic carbocycles. The highest BCUT2D eigenvalue weighted by atomic mass is 32.2. The molecule has 0 aliphatic heterocycles. The van der Waals surface area contributed by atoms with Gasteiger partial charge in [0, 0.05) is 12.7 Å². The normalized spacial score (nSPS) is 12.2. The van der Waals surface area contributed by atoms with Gasteiger partial charge in [-0.15, -0.1) is 11.8 Å². The highest BCUT2D eigenvalue weighted by Gasteiger charge is 2.07. The Kier molecular flexibility index (Phi) is 5.48. The maximum absolute atomic E-state index is 10.4. The Morgan fingerprint density at radius 2 is 2.17 bits per heavy atom. The van der Waals surface area contributed by atoms with Crippen LogP contribution >= 0.6 is 11.8 Å². The molecule has 0 aliphatic rings. The van der Waals surface area contributed by atoms with E-state index < -0.39 is 11.9 Å². The van der Waals surface area contributed by atoms with Gasteiger partial charge in [0.05, 0.1) is 11.9 Å². The molecule has 0 radical (unpaired) electrons. The lowest BCUT2D eigenvalue weighted by atomic mass is 10.3.